The molecule has 1 unspecified atom stereocenters. The van der Waals surface area contributed by atoms with Crippen molar-refractivity contribution in [3.63, 3.8) is 0 Å². The van der Waals surface area contributed by atoms with Crippen LogP contribution in [0.15, 0.2) is 24.3 Å². The Hall–Kier alpha value is -2.40. The number of likely N-dealkylation sites (N-methyl/N-ethyl adjacent to an activating group) is 1. The maximum absolute atomic E-state index is 12.3. The van der Waals surface area contributed by atoms with E-state index in [1.54, 1.807) is 43.1 Å². The number of nitrogens with one attached hydrogen (secondary N) is 2. The van der Waals surface area contributed by atoms with E-state index in [0.717, 1.165) is 5.56 Å². The number of carbonyl (C=O) groups is 2. The Bertz CT molecular complexity index is 654. The molecule has 23 heavy (non-hydrogen) atoms. The van der Waals surface area contributed by atoms with Crippen LogP contribution in [0.3, 0.4) is 0 Å². The molecule has 7 nitrogen and oxygen atoms in total. The fourth-order valence-corrected chi connectivity index (χ4v) is 2.64. The lowest BCUT2D eigenvalue weighted by Crippen LogP contribution is -2.73. The topological polar surface area (TPSA) is 102 Å². The molecule has 1 aliphatic rings. The predicted molar refractivity (Wildman–Crippen MR) is 82.6 cm³/mol. The number of likely N-dealkylation sites (tertiary alicyclic amines) is 1. The van der Waals surface area contributed by atoms with Gasteiger partial charge in [0.1, 0.15) is 11.6 Å². The first-order chi connectivity index (χ1) is 10.9. The molecule has 0 bridgehead atoms. The number of hydrogen-bond donors (Lipinski definition) is 4. The Morgan fingerprint density at radius 1 is 1.30 bits per heavy atom. The molecule has 1 atom stereocenters. The average Bonchev–Trinajstić information content (AvgIpc) is 2.51. The van der Waals surface area contributed by atoms with Gasteiger partial charge in [0.15, 0.2) is 0 Å². The van der Waals surface area contributed by atoms with Gasteiger partial charge >= 0.3 is 0 Å². The molecule has 0 aliphatic carbocycles. The lowest BCUT2D eigenvalue weighted by atomic mass is 9.85. The van der Waals surface area contributed by atoms with Crippen LogP contribution in [-0.4, -0.2) is 58.8 Å². The van der Waals surface area contributed by atoms with Crippen LogP contribution in [0, 0.1) is 11.8 Å². The largest absolute Gasteiger partial charge is 0.384 e. The maximum Gasteiger partial charge on any atom is 0.269 e. The Labute approximate surface area is 134 Å². The third-order valence-electron chi connectivity index (χ3n) is 3.69. The second-order valence-electron chi connectivity index (χ2n) is 5.61. The van der Waals surface area contributed by atoms with E-state index in [4.69, 9.17) is 5.21 Å². The number of carbonyl (C=O) groups excluding carboxylic acids is 2. The van der Waals surface area contributed by atoms with E-state index in [1.807, 2.05) is 0 Å². The molecule has 2 amide bonds. The number of nitrogens with zero attached hydrogens (tertiary/aromatic N) is 1. The molecule has 1 heterocycles. The van der Waals surface area contributed by atoms with Crippen LogP contribution in [0.2, 0.25) is 0 Å². The van der Waals surface area contributed by atoms with Gasteiger partial charge in [0, 0.05) is 24.2 Å². The molecule has 0 radical (unpaired) electrons. The summed E-state index contributed by atoms with van der Waals surface area (Å²) in [5.41, 5.74) is 1.18. The van der Waals surface area contributed by atoms with Crippen molar-refractivity contribution < 1.29 is 19.9 Å². The Morgan fingerprint density at radius 3 is 2.39 bits per heavy atom. The number of hydroxylamine groups is 1. The molecule has 0 spiro atoms. The number of amides is 2. The second-order valence-corrected chi connectivity index (χ2v) is 5.61. The first-order valence-corrected chi connectivity index (χ1v) is 7.08. The van der Waals surface area contributed by atoms with Crippen LogP contribution < -0.4 is 10.8 Å². The minimum atomic E-state index is -1.41. The zero-order valence-corrected chi connectivity index (χ0v) is 13.0. The summed E-state index contributed by atoms with van der Waals surface area (Å²) in [6.07, 6.45) is 0. The summed E-state index contributed by atoms with van der Waals surface area (Å²) >= 11 is 0. The van der Waals surface area contributed by atoms with Crippen molar-refractivity contribution in [2.75, 3.05) is 20.1 Å². The predicted octanol–water partition coefficient (Wildman–Crippen LogP) is -0.662. The molecule has 1 fully saturated rings. The number of rotatable bonds is 4. The summed E-state index contributed by atoms with van der Waals surface area (Å²) < 4.78 is 0. The van der Waals surface area contributed by atoms with Crippen LogP contribution in [0.5, 0.6) is 0 Å². The summed E-state index contributed by atoms with van der Waals surface area (Å²) in [5.74, 6) is 4.25. The van der Waals surface area contributed by atoms with E-state index in [-0.39, 0.29) is 13.1 Å². The number of β-amino-alcohol motifs (C(OH)–C–C–N with tert-alkyl or cyclic N) is 1. The molecule has 0 aromatic heterocycles. The Morgan fingerprint density at radius 2 is 1.91 bits per heavy atom. The highest BCUT2D eigenvalue weighted by Crippen LogP contribution is 2.23. The number of aliphatic hydroxyl groups is 1. The molecule has 1 aliphatic heterocycles. The lowest BCUT2D eigenvalue weighted by molar-refractivity contribution is -0.151. The first kappa shape index (κ1) is 17.0. The third-order valence-corrected chi connectivity index (χ3v) is 3.69. The summed E-state index contributed by atoms with van der Waals surface area (Å²) in [5, 5.41) is 21.7. The highest BCUT2D eigenvalue weighted by atomic mass is 16.5. The highest BCUT2D eigenvalue weighted by Gasteiger charge is 2.50. The van der Waals surface area contributed by atoms with Gasteiger partial charge in [-0.2, -0.15) is 0 Å². The van der Waals surface area contributed by atoms with Gasteiger partial charge in [-0.15, -0.1) is 5.92 Å². The molecular formula is C16H19N3O4. The molecular weight excluding hydrogens is 298 g/mol. The van der Waals surface area contributed by atoms with E-state index < -0.39 is 23.5 Å². The van der Waals surface area contributed by atoms with Crippen LogP contribution >= 0.6 is 0 Å². The molecule has 1 saturated heterocycles. The zero-order chi connectivity index (χ0) is 17.0. The van der Waals surface area contributed by atoms with Crippen molar-refractivity contribution in [3.8, 4) is 11.8 Å². The van der Waals surface area contributed by atoms with Crippen LogP contribution in [-0.2, 0) is 4.79 Å². The molecule has 0 saturated carbocycles. The van der Waals surface area contributed by atoms with Crippen LogP contribution in [0.25, 0.3) is 0 Å². The minimum Gasteiger partial charge on any atom is -0.384 e. The fourth-order valence-electron chi connectivity index (χ4n) is 2.64. The molecule has 1 aromatic carbocycles. The van der Waals surface area contributed by atoms with E-state index in [9.17, 15) is 14.7 Å². The van der Waals surface area contributed by atoms with Crippen LogP contribution in [0.4, 0.5) is 0 Å². The van der Waals surface area contributed by atoms with Gasteiger partial charge in [-0.05, 0) is 38.2 Å². The summed E-state index contributed by atoms with van der Waals surface area (Å²) in [6, 6.07) is 5.31. The molecule has 122 valence electrons. The van der Waals surface area contributed by atoms with Gasteiger partial charge in [-0.3, -0.25) is 14.8 Å². The Kier molecular flexibility index (Phi) is 5.01. The van der Waals surface area contributed by atoms with Crippen LogP contribution in [0.1, 0.15) is 22.8 Å². The van der Waals surface area contributed by atoms with E-state index in [0.29, 0.717) is 5.56 Å². The lowest BCUT2D eigenvalue weighted by Gasteiger charge is -2.48. The summed E-state index contributed by atoms with van der Waals surface area (Å²) in [4.78, 5) is 25.9. The molecule has 1 aromatic rings. The average molecular weight is 317 g/mol. The van der Waals surface area contributed by atoms with Crippen molar-refractivity contribution in [1.82, 2.24) is 15.7 Å². The highest BCUT2D eigenvalue weighted by molar-refractivity contribution is 5.98. The monoisotopic (exact) mass is 317 g/mol. The summed E-state index contributed by atoms with van der Waals surface area (Å²) in [6.45, 7) is 2.15. The van der Waals surface area contributed by atoms with Gasteiger partial charge in [0.25, 0.3) is 11.8 Å². The van der Waals surface area contributed by atoms with E-state index in [1.165, 1.54) is 5.48 Å². The number of benzene rings is 1. The van der Waals surface area contributed by atoms with Crippen molar-refractivity contribution in [1.29, 1.82) is 0 Å². The van der Waals surface area contributed by atoms with Gasteiger partial charge < -0.3 is 15.3 Å². The van der Waals surface area contributed by atoms with E-state index >= 15 is 0 Å². The zero-order valence-electron chi connectivity index (χ0n) is 13.0. The van der Waals surface area contributed by atoms with E-state index in [2.05, 4.69) is 17.2 Å². The van der Waals surface area contributed by atoms with Crippen molar-refractivity contribution >= 4 is 11.8 Å². The normalized spacial score (nSPS) is 17.2. The first-order valence-electron chi connectivity index (χ1n) is 7.08. The molecule has 7 heteroatoms. The maximum atomic E-state index is 12.3. The molecule has 2 rings (SSSR count). The minimum absolute atomic E-state index is 0.219. The van der Waals surface area contributed by atoms with Gasteiger partial charge in [-0.25, -0.2) is 5.48 Å². The smallest absolute Gasteiger partial charge is 0.269 e. The quantitative estimate of drug-likeness (QED) is 0.335. The Balaban J connectivity index is 2.13. The third kappa shape index (κ3) is 3.68. The fraction of sp³-hybridized carbons (Fsp3) is 0.375. The SMILES string of the molecule is CC#Cc1ccc(C(=O)NC(C(=O)NO)C2(O)CN(C)C2)cc1. The number of hydrogen-bond acceptors (Lipinski definition) is 5. The second kappa shape index (κ2) is 6.79. The molecule has 4 N–H and O–H groups in total. The van der Waals surface area contributed by atoms with Crippen molar-refractivity contribution in [2.24, 2.45) is 0 Å². The standard InChI is InChI=1S/C16H19N3O4/c1-3-4-11-5-7-12(8-6-11)14(20)17-13(15(21)18-23)16(22)9-19(2)10-16/h5-8,13,22-23H,9-10H2,1-2H3,(H,17,20)(H,18,21). The summed E-state index contributed by atoms with van der Waals surface area (Å²) in [7, 11) is 1.78. The van der Waals surface area contributed by atoms with Gasteiger partial charge in [0.2, 0.25) is 0 Å². The van der Waals surface area contributed by atoms with Gasteiger partial charge in [-0.1, -0.05) is 5.92 Å². The van der Waals surface area contributed by atoms with Crippen molar-refractivity contribution in [3.05, 3.63) is 35.4 Å². The van der Waals surface area contributed by atoms with Gasteiger partial charge in [0.05, 0.1) is 0 Å². The van der Waals surface area contributed by atoms with Crippen molar-refractivity contribution in [2.45, 2.75) is 18.6 Å².